The van der Waals surface area contributed by atoms with E-state index in [1.54, 1.807) is 0 Å². The van der Waals surface area contributed by atoms with Crippen molar-refractivity contribution < 1.29 is 4.74 Å². The number of aromatic nitrogens is 1. The quantitative estimate of drug-likeness (QED) is 0.205. The smallest absolute Gasteiger partial charge is 0.128 e. The molecule has 7 aromatic rings. The Balaban J connectivity index is 1.31. The Bertz CT molecular complexity index is 2200. The van der Waals surface area contributed by atoms with Crippen LogP contribution in [0.2, 0.25) is 0 Å². The Morgan fingerprint density at radius 3 is 1.80 bits per heavy atom. The first kappa shape index (κ1) is 26.6. The molecule has 0 bridgehead atoms. The number of rotatable bonds is 3. The zero-order chi connectivity index (χ0) is 30.2. The second-order valence-electron chi connectivity index (χ2n) is 13.7. The van der Waals surface area contributed by atoms with Crippen LogP contribution in [0.3, 0.4) is 0 Å². The molecule has 0 spiro atoms. The molecule has 1 saturated heterocycles. The molecule has 226 valence electrons. The topological polar surface area (TPSA) is 26.2 Å². The van der Waals surface area contributed by atoms with E-state index < -0.39 is 0 Å². The third kappa shape index (κ3) is 3.82. The van der Waals surface area contributed by atoms with Gasteiger partial charge in [0.25, 0.3) is 0 Å². The highest BCUT2D eigenvalue weighted by atomic mass is 16.5. The first-order chi connectivity index (χ1) is 22.9. The van der Waals surface area contributed by atoms with Gasteiger partial charge >= 0.3 is 0 Å². The molecule has 1 N–H and O–H groups in total. The lowest BCUT2D eigenvalue weighted by Gasteiger charge is -2.27. The molecule has 6 aromatic carbocycles. The highest BCUT2D eigenvalue weighted by Crippen LogP contribution is 2.55. The van der Waals surface area contributed by atoms with E-state index in [1.165, 1.54) is 116 Å². The number of ether oxygens (including phenoxy) is 1. The minimum absolute atomic E-state index is 0.293. The van der Waals surface area contributed by atoms with Gasteiger partial charge in [-0.05, 0) is 72.7 Å². The summed E-state index contributed by atoms with van der Waals surface area (Å²) >= 11 is 0. The van der Waals surface area contributed by atoms with Crippen molar-refractivity contribution in [3.05, 3.63) is 120 Å². The predicted molar refractivity (Wildman–Crippen MR) is 191 cm³/mol. The van der Waals surface area contributed by atoms with E-state index in [0.717, 1.165) is 13.0 Å². The van der Waals surface area contributed by atoms with Crippen LogP contribution in [0.25, 0.3) is 60.2 Å². The average Bonchev–Trinajstić information content (AvgIpc) is 3.67. The zero-order valence-corrected chi connectivity index (χ0v) is 26.1. The van der Waals surface area contributed by atoms with Gasteiger partial charge in [-0.1, -0.05) is 110 Å². The lowest BCUT2D eigenvalue weighted by molar-refractivity contribution is 0.162. The number of nitrogens with one attached hydrogen (secondary N) is 1. The third-order valence-electron chi connectivity index (χ3n) is 11.2. The predicted octanol–water partition coefficient (Wildman–Crippen LogP) is 11.0. The third-order valence-corrected chi connectivity index (χ3v) is 11.2. The van der Waals surface area contributed by atoms with Crippen molar-refractivity contribution in [2.45, 2.75) is 63.0 Å². The molecule has 1 aromatic heterocycles. The first-order valence-corrected chi connectivity index (χ1v) is 17.4. The molecule has 10 rings (SSSR count). The molecule has 1 saturated carbocycles. The van der Waals surface area contributed by atoms with E-state index in [-0.39, 0.29) is 0 Å². The number of para-hydroxylation sites is 2. The second-order valence-corrected chi connectivity index (χ2v) is 13.7. The van der Waals surface area contributed by atoms with E-state index in [4.69, 9.17) is 4.74 Å². The number of piperidine rings is 1. The Labute approximate surface area is 269 Å². The van der Waals surface area contributed by atoms with Crippen LogP contribution in [0.5, 0.6) is 5.75 Å². The number of hydrogen-bond donors (Lipinski definition) is 1. The monoisotopic (exact) mass is 598 g/mol. The second kappa shape index (κ2) is 10.5. The molecule has 2 aliphatic heterocycles. The Kier molecular flexibility index (Phi) is 6.05. The van der Waals surface area contributed by atoms with Gasteiger partial charge in [0, 0.05) is 44.6 Å². The maximum absolute atomic E-state index is 7.02. The van der Waals surface area contributed by atoms with E-state index in [1.807, 2.05) is 0 Å². The Hall–Kier alpha value is -4.60. The largest absolute Gasteiger partial charge is 0.489 e. The molecule has 3 heterocycles. The van der Waals surface area contributed by atoms with Crippen molar-refractivity contribution in [1.82, 2.24) is 9.88 Å². The molecule has 3 unspecified atom stereocenters. The summed E-state index contributed by atoms with van der Waals surface area (Å²) in [6.45, 7) is 1.09. The molecule has 3 nitrogen and oxygen atoms in total. The van der Waals surface area contributed by atoms with E-state index in [9.17, 15) is 0 Å². The molecule has 46 heavy (non-hydrogen) atoms. The molecule has 1 aliphatic carbocycles. The Morgan fingerprint density at radius 1 is 0.565 bits per heavy atom. The molecule has 3 atom stereocenters. The highest BCUT2D eigenvalue weighted by molar-refractivity contribution is 6.21. The highest BCUT2D eigenvalue weighted by Gasteiger charge is 2.41. The molecular weight excluding hydrogens is 560 g/mol. The van der Waals surface area contributed by atoms with Crippen molar-refractivity contribution in [2.75, 3.05) is 6.54 Å². The summed E-state index contributed by atoms with van der Waals surface area (Å²) in [5, 5.41) is 11.6. The van der Waals surface area contributed by atoms with Gasteiger partial charge in [0.2, 0.25) is 0 Å². The van der Waals surface area contributed by atoms with Crippen LogP contribution in [-0.4, -0.2) is 17.2 Å². The number of nitrogens with zero attached hydrogens (tertiary/aromatic N) is 1. The lowest BCUT2D eigenvalue weighted by atomic mass is 9.77. The van der Waals surface area contributed by atoms with Crippen molar-refractivity contribution in [3.8, 4) is 22.6 Å². The maximum Gasteiger partial charge on any atom is 0.128 e. The van der Waals surface area contributed by atoms with Gasteiger partial charge in [-0.15, -0.1) is 0 Å². The summed E-state index contributed by atoms with van der Waals surface area (Å²) in [6.07, 6.45) is 8.93. The summed E-state index contributed by atoms with van der Waals surface area (Å²) in [5.74, 6) is 1.64. The van der Waals surface area contributed by atoms with Crippen molar-refractivity contribution in [2.24, 2.45) is 0 Å². The van der Waals surface area contributed by atoms with Gasteiger partial charge in [-0.2, -0.15) is 0 Å². The van der Waals surface area contributed by atoms with Crippen LogP contribution in [0.4, 0.5) is 0 Å². The SMILES string of the molecule is c1ccc2c(-n3c4ccccc4c4ccccc43)c3ccccc3c(-c3ccc(C4CCCCN4)c4c3C3CCCCC3O4)c2c1. The summed E-state index contributed by atoms with van der Waals surface area (Å²) in [4.78, 5) is 0. The van der Waals surface area contributed by atoms with Crippen LogP contribution < -0.4 is 10.1 Å². The van der Waals surface area contributed by atoms with E-state index in [2.05, 4.69) is 119 Å². The molecular formula is C43H38N2O. The number of fused-ring (bicyclic) bond motifs is 8. The van der Waals surface area contributed by atoms with Crippen LogP contribution in [0, 0.1) is 0 Å². The van der Waals surface area contributed by atoms with E-state index >= 15 is 0 Å². The fourth-order valence-electron chi connectivity index (χ4n) is 9.25. The lowest BCUT2D eigenvalue weighted by Crippen LogP contribution is -2.27. The van der Waals surface area contributed by atoms with Crippen molar-refractivity contribution >= 4 is 43.4 Å². The molecule has 0 amide bonds. The van der Waals surface area contributed by atoms with Crippen LogP contribution in [-0.2, 0) is 0 Å². The zero-order valence-electron chi connectivity index (χ0n) is 26.1. The first-order valence-electron chi connectivity index (χ1n) is 17.4. The standard InChI is InChI=1S/C43H38N2O/c1-3-17-31-29(15-1)40(35-25-24-33(36-20-11-12-26-44-36)43-41(35)34-19-7-10-23-39(34)46-43)30-16-2-4-18-32(30)42(31)45-37-21-8-5-13-27(37)28-14-6-9-22-38(28)45/h1-6,8-9,13-18,21-22,24-25,34,36,39,44H,7,10-12,19-20,23,26H2. The fraction of sp³-hybridized carbons (Fsp3) is 0.256. The normalized spacial score (nSPS) is 21.1. The number of benzene rings is 6. The molecule has 3 heteroatoms. The number of hydrogen-bond acceptors (Lipinski definition) is 2. The average molecular weight is 599 g/mol. The van der Waals surface area contributed by atoms with Crippen molar-refractivity contribution in [1.29, 1.82) is 0 Å². The minimum Gasteiger partial charge on any atom is -0.489 e. The van der Waals surface area contributed by atoms with Gasteiger partial charge in [-0.3, -0.25) is 0 Å². The molecule has 2 fully saturated rings. The Morgan fingerprint density at radius 2 is 1.15 bits per heavy atom. The minimum atomic E-state index is 0.293. The van der Waals surface area contributed by atoms with Gasteiger partial charge in [0.05, 0.1) is 16.7 Å². The fourth-order valence-corrected chi connectivity index (χ4v) is 9.25. The van der Waals surface area contributed by atoms with Gasteiger partial charge in [-0.25, -0.2) is 0 Å². The van der Waals surface area contributed by atoms with E-state index in [0.29, 0.717) is 18.1 Å². The summed E-state index contributed by atoms with van der Waals surface area (Å²) < 4.78 is 9.53. The van der Waals surface area contributed by atoms with Crippen molar-refractivity contribution in [3.63, 3.8) is 0 Å². The van der Waals surface area contributed by atoms with Gasteiger partial charge in [0.15, 0.2) is 0 Å². The van der Waals surface area contributed by atoms with Crippen LogP contribution in [0.15, 0.2) is 109 Å². The van der Waals surface area contributed by atoms with Gasteiger partial charge < -0.3 is 14.6 Å². The summed E-state index contributed by atoms with van der Waals surface area (Å²) in [7, 11) is 0. The van der Waals surface area contributed by atoms with Gasteiger partial charge in [0.1, 0.15) is 11.9 Å². The summed E-state index contributed by atoms with van der Waals surface area (Å²) in [6, 6.07) is 41.2. The molecule has 3 aliphatic rings. The molecule has 0 radical (unpaired) electrons. The van der Waals surface area contributed by atoms with Crippen LogP contribution in [0.1, 0.15) is 68.0 Å². The maximum atomic E-state index is 7.02. The van der Waals surface area contributed by atoms with Crippen LogP contribution >= 0.6 is 0 Å². The summed E-state index contributed by atoms with van der Waals surface area (Å²) in [5.41, 5.74) is 9.32.